The Kier molecular flexibility index (Phi) is 5.14. The number of hydrogen-bond donors (Lipinski definition) is 1. The van der Waals surface area contributed by atoms with E-state index in [1.54, 1.807) is 30.1 Å². The standard InChI is InChI=1S/C14H14Cl3N3O/c1-8(19-14(21)9-6-18-20(2)7-9)3-11-12(16)4-10(15)5-13(11)17/h4-8H,3H2,1-2H3,(H,19,21)/t8-/m0/s1. The fourth-order valence-corrected chi connectivity index (χ4v) is 2.94. The van der Waals surface area contributed by atoms with Crippen LogP contribution in [0.15, 0.2) is 24.5 Å². The van der Waals surface area contributed by atoms with Crippen molar-refractivity contribution in [3.05, 3.63) is 50.7 Å². The molecule has 0 bridgehead atoms. The molecule has 112 valence electrons. The number of halogens is 3. The van der Waals surface area contributed by atoms with Gasteiger partial charge in [0.1, 0.15) is 0 Å². The third-order valence-electron chi connectivity index (χ3n) is 2.96. The Morgan fingerprint density at radius 2 is 1.95 bits per heavy atom. The van der Waals surface area contributed by atoms with Gasteiger partial charge in [0, 0.05) is 34.4 Å². The summed E-state index contributed by atoms with van der Waals surface area (Å²) >= 11 is 18.2. The zero-order chi connectivity index (χ0) is 15.6. The predicted octanol–water partition coefficient (Wildman–Crippen LogP) is 3.74. The zero-order valence-electron chi connectivity index (χ0n) is 11.5. The number of nitrogens with one attached hydrogen (secondary N) is 1. The van der Waals surface area contributed by atoms with E-state index >= 15 is 0 Å². The molecule has 0 aliphatic rings. The van der Waals surface area contributed by atoms with Crippen LogP contribution in [0.3, 0.4) is 0 Å². The number of aryl methyl sites for hydroxylation is 1. The van der Waals surface area contributed by atoms with E-state index in [1.165, 1.54) is 6.20 Å². The van der Waals surface area contributed by atoms with E-state index in [1.807, 2.05) is 6.92 Å². The van der Waals surface area contributed by atoms with Gasteiger partial charge in [-0.15, -0.1) is 0 Å². The summed E-state index contributed by atoms with van der Waals surface area (Å²) in [5.74, 6) is -0.184. The Labute approximate surface area is 138 Å². The second-order valence-corrected chi connectivity index (χ2v) is 6.08. The molecule has 7 heteroatoms. The molecule has 0 radical (unpaired) electrons. The molecule has 1 atom stereocenters. The lowest BCUT2D eigenvalue weighted by Gasteiger charge is -2.15. The summed E-state index contributed by atoms with van der Waals surface area (Å²) in [7, 11) is 1.76. The van der Waals surface area contributed by atoms with Crippen LogP contribution in [0.2, 0.25) is 15.1 Å². The number of nitrogens with zero attached hydrogens (tertiary/aromatic N) is 2. The highest BCUT2D eigenvalue weighted by molar-refractivity contribution is 6.39. The number of rotatable bonds is 4. The number of hydrogen-bond acceptors (Lipinski definition) is 2. The normalized spacial score (nSPS) is 12.2. The minimum absolute atomic E-state index is 0.131. The minimum atomic E-state index is -0.184. The van der Waals surface area contributed by atoms with Gasteiger partial charge in [-0.3, -0.25) is 9.48 Å². The van der Waals surface area contributed by atoms with Crippen molar-refractivity contribution in [2.24, 2.45) is 7.05 Å². The van der Waals surface area contributed by atoms with Gasteiger partial charge in [0.25, 0.3) is 5.91 Å². The molecule has 4 nitrogen and oxygen atoms in total. The SMILES string of the molecule is C[C@@H](Cc1c(Cl)cc(Cl)cc1Cl)NC(=O)c1cnn(C)c1. The summed E-state index contributed by atoms with van der Waals surface area (Å²) in [4.78, 5) is 12.0. The third-order valence-corrected chi connectivity index (χ3v) is 3.85. The van der Waals surface area contributed by atoms with Crippen LogP contribution in [0.1, 0.15) is 22.8 Å². The molecule has 0 fully saturated rings. The first kappa shape index (κ1) is 16.1. The quantitative estimate of drug-likeness (QED) is 0.916. The second-order valence-electron chi connectivity index (χ2n) is 4.83. The van der Waals surface area contributed by atoms with Crippen LogP contribution in [0.4, 0.5) is 0 Å². The summed E-state index contributed by atoms with van der Waals surface area (Å²) in [6, 6.07) is 3.15. The van der Waals surface area contributed by atoms with Crippen molar-refractivity contribution in [1.29, 1.82) is 0 Å². The topological polar surface area (TPSA) is 46.9 Å². The maximum atomic E-state index is 12.0. The fraction of sp³-hybridized carbons (Fsp3) is 0.286. The van der Waals surface area contributed by atoms with Crippen molar-refractivity contribution in [2.75, 3.05) is 0 Å². The average molecular weight is 347 g/mol. The molecule has 0 spiro atoms. The van der Waals surface area contributed by atoms with Crippen molar-refractivity contribution in [1.82, 2.24) is 15.1 Å². The first-order valence-electron chi connectivity index (χ1n) is 6.29. The van der Waals surface area contributed by atoms with Crippen LogP contribution < -0.4 is 5.32 Å². The van der Waals surface area contributed by atoms with E-state index in [0.717, 1.165) is 5.56 Å². The maximum Gasteiger partial charge on any atom is 0.254 e. The molecular weight excluding hydrogens is 333 g/mol. The highest BCUT2D eigenvalue weighted by Crippen LogP contribution is 2.29. The first-order chi connectivity index (χ1) is 9.86. The molecule has 0 saturated heterocycles. The number of carbonyl (C=O) groups is 1. The van der Waals surface area contributed by atoms with E-state index in [2.05, 4.69) is 10.4 Å². The van der Waals surface area contributed by atoms with E-state index in [9.17, 15) is 4.79 Å². The molecule has 1 aromatic heterocycles. The van der Waals surface area contributed by atoms with Crippen LogP contribution in [0, 0.1) is 0 Å². The Morgan fingerprint density at radius 3 is 2.48 bits per heavy atom. The van der Waals surface area contributed by atoms with Gasteiger partial charge in [-0.2, -0.15) is 5.10 Å². The number of aromatic nitrogens is 2. The van der Waals surface area contributed by atoms with Crippen molar-refractivity contribution in [3.8, 4) is 0 Å². The van der Waals surface area contributed by atoms with Gasteiger partial charge in [-0.25, -0.2) is 0 Å². The summed E-state index contributed by atoms with van der Waals surface area (Å²) in [5.41, 5.74) is 1.28. The Hall–Kier alpha value is -1.23. The maximum absolute atomic E-state index is 12.0. The van der Waals surface area contributed by atoms with E-state index in [-0.39, 0.29) is 11.9 Å². The van der Waals surface area contributed by atoms with Crippen molar-refractivity contribution >= 4 is 40.7 Å². The molecule has 0 saturated carbocycles. The number of benzene rings is 1. The van der Waals surface area contributed by atoms with Crippen LogP contribution in [0.25, 0.3) is 0 Å². The number of carbonyl (C=O) groups excluding carboxylic acids is 1. The molecule has 1 heterocycles. The predicted molar refractivity (Wildman–Crippen MR) is 85.3 cm³/mol. The minimum Gasteiger partial charge on any atom is -0.349 e. The lowest BCUT2D eigenvalue weighted by Crippen LogP contribution is -2.34. The third kappa shape index (κ3) is 4.13. The van der Waals surface area contributed by atoms with Gasteiger partial charge in [0.05, 0.1) is 11.8 Å². The molecular formula is C14H14Cl3N3O. The molecule has 1 N–H and O–H groups in total. The fourth-order valence-electron chi connectivity index (χ4n) is 1.97. The Balaban J connectivity index is 2.05. The lowest BCUT2D eigenvalue weighted by atomic mass is 10.1. The summed E-state index contributed by atoms with van der Waals surface area (Å²) in [6.07, 6.45) is 3.69. The molecule has 0 unspecified atom stereocenters. The van der Waals surface area contributed by atoms with Crippen molar-refractivity contribution in [3.63, 3.8) is 0 Å². The second kappa shape index (κ2) is 6.69. The molecule has 2 aromatic rings. The van der Waals surface area contributed by atoms with Crippen LogP contribution in [-0.2, 0) is 13.5 Å². The summed E-state index contributed by atoms with van der Waals surface area (Å²) < 4.78 is 1.58. The molecule has 2 rings (SSSR count). The molecule has 0 aliphatic heterocycles. The molecule has 0 aliphatic carbocycles. The molecule has 21 heavy (non-hydrogen) atoms. The molecule has 1 aromatic carbocycles. The van der Waals surface area contributed by atoms with Crippen molar-refractivity contribution in [2.45, 2.75) is 19.4 Å². The molecule has 1 amide bonds. The Morgan fingerprint density at radius 1 is 1.33 bits per heavy atom. The largest absolute Gasteiger partial charge is 0.349 e. The van der Waals surface area contributed by atoms with E-state index in [4.69, 9.17) is 34.8 Å². The van der Waals surface area contributed by atoms with Gasteiger partial charge in [0.15, 0.2) is 0 Å². The first-order valence-corrected chi connectivity index (χ1v) is 7.43. The van der Waals surface area contributed by atoms with Gasteiger partial charge >= 0.3 is 0 Å². The van der Waals surface area contributed by atoms with Gasteiger partial charge in [0.2, 0.25) is 0 Å². The zero-order valence-corrected chi connectivity index (χ0v) is 13.8. The monoisotopic (exact) mass is 345 g/mol. The number of amides is 1. The van der Waals surface area contributed by atoms with Gasteiger partial charge in [-0.1, -0.05) is 34.8 Å². The summed E-state index contributed by atoms with van der Waals surface area (Å²) in [6.45, 7) is 1.88. The van der Waals surface area contributed by atoms with Crippen LogP contribution >= 0.6 is 34.8 Å². The Bertz CT molecular complexity index is 646. The smallest absolute Gasteiger partial charge is 0.254 e. The highest BCUT2D eigenvalue weighted by atomic mass is 35.5. The van der Waals surface area contributed by atoms with Crippen LogP contribution in [-0.4, -0.2) is 21.7 Å². The van der Waals surface area contributed by atoms with E-state index < -0.39 is 0 Å². The van der Waals surface area contributed by atoms with Gasteiger partial charge in [-0.05, 0) is 31.0 Å². The van der Waals surface area contributed by atoms with E-state index in [0.29, 0.717) is 27.1 Å². The van der Waals surface area contributed by atoms with Gasteiger partial charge < -0.3 is 5.32 Å². The lowest BCUT2D eigenvalue weighted by molar-refractivity contribution is 0.0940. The summed E-state index contributed by atoms with van der Waals surface area (Å²) in [5, 5.41) is 8.33. The van der Waals surface area contributed by atoms with Crippen molar-refractivity contribution < 1.29 is 4.79 Å². The average Bonchev–Trinajstić information content (AvgIpc) is 2.80. The van der Waals surface area contributed by atoms with Crippen LogP contribution in [0.5, 0.6) is 0 Å². The highest BCUT2D eigenvalue weighted by Gasteiger charge is 2.15.